The molecule has 1 unspecified atom stereocenters. The van der Waals surface area contributed by atoms with Crippen molar-refractivity contribution in [2.45, 2.75) is 59.2 Å². The Morgan fingerprint density at radius 3 is 2.33 bits per heavy atom. The molecule has 1 atom stereocenters. The van der Waals surface area contributed by atoms with Crippen molar-refractivity contribution in [2.24, 2.45) is 5.92 Å². The van der Waals surface area contributed by atoms with Crippen LogP contribution in [0.25, 0.3) is 0 Å². The van der Waals surface area contributed by atoms with Crippen LogP contribution in [0.3, 0.4) is 0 Å². The first-order valence-corrected chi connectivity index (χ1v) is 7.83. The van der Waals surface area contributed by atoms with Crippen molar-refractivity contribution in [1.82, 2.24) is 0 Å². The molecule has 1 aromatic carbocycles. The lowest BCUT2D eigenvalue weighted by Gasteiger charge is -2.32. The van der Waals surface area contributed by atoms with Crippen molar-refractivity contribution in [1.29, 1.82) is 0 Å². The van der Waals surface area contributed by atoms with Crippen LogP contribution in [0.2, 0.25) is 0 Å². The van der Waals surface area contributed by atoms with E-state index in [-0.39, 0.29) is 18.3 Å². The second-order valence-electron chi connectivity index (χ2n) is 6.99. The van der Waals surface area contributed by atoms with E-state index in [1.165, 1.54) is 0 Å². The number of benzene rings is 1. The zero-order valence-electron chi connectivity index (χ0n) is 14.1. The van der Waals surface area contributed by atoms with Gasteiger partial charge in [0, 0.05) is 0 Å². The molecule has 4 heteroatoms. The van der Waals surface area contributed by atoms with Crippen molar-refractivity contribution >= 4 is 12.6 Å². The minimum atomic E-state index is -0.331. The van der Waals surface area contributed by atoms with Crippen LogP contribution in [0.15, 0.2) is 24.3 Å². The maximum absolute atomic E-state index is 6.07. The topological polar surface area (TPSA) is 27.7 Å². The molecule has 3 nitrogen and oxygen atoms in total. The Morgan fingerprint density at radius 2 is 1.76 bits per heavy atom. The molecule has 0 aliphatic carbocycles. The van der Waals surface area contributed by atoms with E-state index in [1.807, 2.05) is 24.3 Å². The van der Waals surface area contributed by atoms with Crippen LogP contribution in [-0.2, 0) is 9.31 Å². The molecule has 1 aliphatic heterocycles. The van der Waals surface area contributed by atoms with E-state index >= 15 is 0 Å². The Kier molecular flexibility index (Phi) is 4.69. The van der Waals surface area contributed by atoms with Gasteiger partial charge in [-0.25, -0.2) is 0 Å². The van der Waals surface area contributed by atoms with Gasteiger partial charge in [0.1, 0.15) is 5.75 Å². The highest BCUT2D eigenvalue weighted by Gasteiger charge is 2.51. The summed E-state index contributed by atoms with van der Waals surface area (Å²) in [7, 11) is -0.331. The molecule has 116 valence electrons. The summed E-state index contributed by atoms with van der Waals surface area (Å²) in [5.41, 5.74) is 0.381. The molecule has 0 amide bonds. The van der Waals surface area contributed by atoms with E-state index < -0.39 is 0 Å². The molecule has 0 radical (unpaired) electrons. The van der Waals surface area contributed by atoms with E-state index in [1.54, 1.807) is 0 Å². The van der Waals surface area contributed by atoms with Gasteiger partial charge in [0.2, 0.25) is 0 Å². The molecule has 0 N–H and O–H groups in total. The van der Waals surface area contributed by atoms with Crippen LogP contribution < -0.4 is 10.2 Å². The molecule has 2 rings (SSSR count). The third kappa shape index (κ3) is 3.61. The summed E-state index contributed by atoms with van der Waals surface area (Å²) in [6.07, 6.45) is 1.12. The van der Waals surface area contributed by atoms with Crippen LogP contribution in [0.1, 0.15) is 48.0 Å². The van der Waals surface area contributed by atoms with E-state index in [4.69, 9.17) is 14.0 Å². The summed E-state index contributed by atoms with van der Waals surface area (Å²) in [5.74, 6) is 1.44. The predicted molar refractivity (Wildman–Crippen MR) is 87.1 cm³/mol. The maximum Gasteiger partial charge on any atom is 0.494 e. The Morgan fingerprint density at radius 1 is 1.14 bits per heavy atom. The fourth-order valence-electron chi connectivity index (χ4n) is 2.09. The van der Waals surface area contributed by atoms with E-state index in [0.717, 1.165) is 24.2 Å². The van der Waals surface area contributed by atoms with Crippen LogP contribution in [-0.4, -0.2) is 24.9 Å². The standard InChI is InChI=1S/C17H27BO3/c1-7-13(2)12-19-15-10-8-9-14(11-15)18-20-16(3,4)17(5,6)21-18/h8-11,13H,7,12H2,1-6H3. The van der Waals surface area contributed by atoms with Gasteiger partial charge in [-0.05, 0) is 51.2 Å². The second kappa shape index (κ2) is 6.01. The average Bonchev–Trinajstić information content (AvgIpc) is 2.65. The van der Waals surface area contributed by atoms with Crippen molar-refractivity contribution in [3.8, 4) is 5.75 Å². The number of hydrogen-bond donors (Lipinski definition) is 0. The fraction of sp³-hybridized carbons (Fsp3) is 0.647. The average molecular weight is 290 g/mol. The molecule has 1 aliphatic rings. The minimum Gasteiger partial charge on any atom is -0.493 e. The number of rotatable bonds is 5. The molecule has 21 heavy (non-hydrogen) atoms. The number of hydrogen-bond acceptors (Lipinski definition) is 3. The first-order chi connectivity index (χ1) is 9.75. The Balaban J connectivity index is 2.08. The van der Waals surface area contributed by atoms with Crippen molar-refractivity contribution in [3.63, 3.8) is 0 Å². The normalized spacial score (nSPS) is 21.3. The lowest BCUT2D eigenvalue weighted by molar-refractivity contribution is 0.00578. The molecule has 1 fully saturated rings. The van der Waals surface area contributed by atoms with Gasteiger partial charge in [0.05, 0.1) is 17.8 Å². The third-order valence-electron chi connectivity index (χ3n) is 4.61. The van der Waals surface area contributed by atoms with Crippen molar-refractivity contribution in [2.75, 3.05) is 6.61 Å². The molecule has 1 saturated heterocycles. The van der Waals surface area contributed by atoms with Crippen LogP contribution in [0.5, 0.6) is 5.75 Å². The highest BCUT2D eigenvalue weighted by Crippen LogP contribution is 2.36. The SMILES string of the molecule is CCC(C)COc1cccc(B2OC(C)(C)C(C)(C)O2)c1. The van der Waals surface area contributed by atoms with Gasteiger partial charge in [-0.15, -0.1) is 0 Å². The zero-order chi connectivity index (χ0) is 15.7. The van der Waals surface area contributed by atoms with Gasteiger partial charge in [-0.3, -0.25) is 0 Å². The molecule has 0 aromatic heterocycles. The highest BCUT2D eigenvalue weighted by molar-refractivity contribution is 6.62. The Bertz CT molecular complexity index is 469. The largest absolute Gasteiger partial charge is 0.494 e. The number of ether oxygens (including phenoxy) is 1. The van der Waals surface area contributed by atoms with Crippen LogP contribution in [0, 0.1) is 5.92 Å². The monoisotopic (exact) mass is 290 g/mol. The summed E-state index contributed by atoms with van der Waals surface area (Å²) < 4.78 is 18.0. The van der Waals surface area contributed by atoms with Gasteiger partial charge in [-0.2, -0.15) is 0 Å². The Labute approximate surface area is 129 Å². The lowest BCUT2D eigenvalue weighted by Crippen LogP contribution is -2.41. The van der Waals surface area contributed by atoms with Gasteiger partial charge in [-0.1, -0.05) is 32.4 Å². The molecule has 0 bridgehead atoms. The van der Waals surface area contributed by atoms with Gasteiger partial charge in [0.15, 0.2) is 0 Å². The minimum absolute atomic E-state index is 0.314. The third-order valence-corrected chi connectivity index (χ3v) is 4.61. The molecule has 0 spiro atoms. The summed E-state index contributed by atoms with van der Waals surface area (Å²) >= 11 is 0. The Hall–Kier alpha value is -0.995. The van der Waals surface area contributed by atoms with Gasteiger partial charge < -0.3 is 14.0 Å². The predicted octanol–water partition coefficient (Wildman–Crippen LogP) is 3.41. The van der Waals surface area contributed by atoms with Gasteiger partial charge in [0.25, 0.3) is 0 Å². The molecular formula is C17H27BO3. The van der Waals surface area contributed by atoms with E-state index in [9.17, 15) is 0 Å². The van der Waals surface area contributed by atoms with Crippen LogP contribution in [0.4, 0.5) is 0 Å². The summed E-state index contributed by atoms with van der Waals surface area (Å²) in [5, 5.41) is 0. The quantitative estimate of drug-likeness (QED) is 0.778. The summed E-state index contributed by atoms with van der Waals surface area (Å²) in [6.45, 7) is 13.4. The van der Waals surface area contributed by atoms with Crippen molar-refractivity contribution < 1.29 is 14.0 Å². The summed E-state index contributed by atoms with van der Waals surface area (Å²) in [6, 6.07) is 8.02. The first-order valence-electron chi connectivity index (χ1n) is 7.83. The molecule has 1 heterocycles. The fourth-order valence-corrected chi connectivity index (χ4v) is 2.09. The molecule has 0 saturated carbocycles. The van der Waals surface area contributed by atoms with Gasteiger partial charge >= 0.3 is 7.12 Å². The maximum atomic E-state index is 6.07. The molecule has 1 aromatic rings. The van der Waals surface area contributed by atoms with E-state index in [2.05, 4.69) is 41.5 Å². The zero-order valence-corrected chi connectivity index (χ0v) is 14.1. The molecular weight excluding hydrogens is 263 g/mol. The first kappa shape index (κ1) is 16.4. The highest BCUT2D eigenvalue weighted by atomic mass is 16.7. The lowest BCUT2D eigenvalue weighted by atomic mass is 9.79. The van der Waals surface area contributed by atoms with E-state index in [0.29, 0.717) is 5.92 Å². The van der Waals surface area contributed by atoms with Crippen molar-refractivity contribution in [3.05, 3.63) is 24.3 Å². The smallest absolute Gasteiger partial charge is 0.493 e. The second-order valence-corrected chi connectivity index (χ2v) is 6.99. The van der Waals surface area contributed by atoms with Crippen LogP contribution >= 0.6 is 0 Å². The summed E-state index contributed by atoms with van der Waals surface area (Å²) in [4.78, 5) is 0.